The first-order valence-electron chi connectivity index (χ1n) is 6.12. The van der Waals surface area contributed by atoms with Crippen molar-refractivity contribution in [3.63, 3.8) is 0 Å². The predicted molar refractivity (Wildman–Crippen MR) is 89.1 cm³/mol. The monoisotopic (exact) mass is 345 g/mol. The quantitative estimate of drug-likeness (QED) is 0.799. The van der Waals surface area contributed by atoms with Gasteiger partial charge in [-0.25, -0.2) is 0 Å². The zero-order valence-corrected chi connectivity index (χ0v) is 12.8. The number of nitrogens with one attached hydrogen (secondary N) is 1. The van der Waals surface area contributed by atoms with E-state index in [1.807, 2.05) is 61.2 Å². The van der Waals surface area contributed by atoms with Crippen LogP contribution < -0.4 is 5.32 Å². The smallest absolute Gasteiger partial charge is 0.126 e. The summed E-state index contributed by atoms with van der Waals surface area (Å²) >= 11 is 9.42. The highest BCUT2D eigenvalue weighted by molar-refractivity contribution is 9.10. The van der Waals surface area contributed by atoms with E-state index in [0.717, 1.165) is 27.1 Å². The zero-order chi connectivity index (χ0) is 13.9. The van der Waals surface area contributed by atoms with E-state index in [1.54, 1.807) is 0 Å². The highest BCUT2D eigenvalue weighted by Crippen LogP contribution is 2.25. The maximum Gasteiger partial charge on any atom is 0.126 e. The largest absolute Gasteiger partial charge is 0.340 e. The van der Waals surface area contributed by atoms with Crippen molar-refractivity contribution in [3.8, 4) is 0 Å². The minimum atomic E-state index is 0.711. The molecule has 20 heavy (non-hydrogen) atoms. The fourth-order valence-electron chi connectivity index (χ4n) is 1.89. The minimum absolute atomic E-state index is 0.711. The standard InChI is InChI=1S/C16H11BrClN2/c17-13-5-1-11(2-6-13)3-8-16-19-10-12-4-7-14(18)9-15(12)20-16/h1-10H,(H,19,20). The molecule has 0 atom stereocenters. The lowest BCUT2D eigenvalue weighted by Gasteiger charge is -2.16. The minimum Gasteiger partial charge on any atom is -0.340 e. The molecule has 0 bridgehead atoms. The molecule has 0 aromatic heterocycles. The number of nitrogens with zero attached hydrogens (tertiary/aromatic N) is 1. The van der Waals surface area contributed by atoms with Crippen molar-refractivity contribution in [3.05, 3.63) is 75.7 Å². The first kappa shape index (κ1) is 13.4. The Morgan fingerprint density at radius 2 is 1.85 bits per heavy atom. The van der Waals surface area contributed by atoms with Crippen molar-refractivity contribution in [2.75, 3.05) is 5.32 Å². The van der Waals surface area contributed by atoms with Crippen LogP contribution >= 0.6 is 27.5 Å². The molecule has 0 saturated heterocycles. The topological polar surface area (TPSA) is 24.4 Å². The van der Waals surface area contributed by atoms with E-state index in [9.17, 15) is 0 Å². The molecular formula is C16H11BrClN2. The molecule has 1 aliphatic heterocycles. The summed E-state index contributed by atoms with van der Waals surface area (Å²) in [6.07, 6.45) is 3.96. The van der Waals surface area contributed by atoms with Crippen LogP contribution in [0.1, 0.15) is 11.1 Å². The van der Waals surface area contributed by atoms with Gasteiger partial charge in [0.25, 0.3) is 0 Å². The third-order valence-electron chi connectivity index (χ3n) is 2.92. The summed E-state index contributed by atoms with van der Waals surface area (Å²) in [5.41, 5.74) is 3.13. The lowest BCUT2D eigenvalue weighted by Crippen LogP contribution is -2.14. The van der Waals surface area contributed by atoms with E-state index >= 15 is 0 Å². The summed E-state index contributed by atoms with van der Waals surface area (Å²) in [5.74, 6) is 0.794. The Morgan fingerprint density at radius 1 is 1.05 bits per heavy atom. The van der Waals surface area contributed by atoms with Crippen molar-refractivity contribution in [2.45, 2.75) is 0 Å². The molecule has 3 rings (SSSR count). The number of hydrogen-bond donors (Lipinski definition) is 1. The van der Waals surface area contributed by atoms with Crippen LogP contribution in [0, 0.1) is 6.54 Å². The van der Waals surface area contributed by atoms with Crippen molar-refractivity contribution < 1.29 is 0 Å². The fourth-order valence-corrected chi connectivity index (χ4v) is 2.33. The molecule has 0 amide bonds. The van der Waals surface area contributed by atoms with Crippen LogP contribution in [0.2, 0.25) is 5.02 Å². The van der Waals surface area contributed by atoms with Gasteiger partial charge in [0, 0.05) is 20.7 Å². The zero-order valence-electron chi connectivity index (χ0n) is 10.5. The maximum absolute atomic E-state index is 6.00. The number of halogens is 2. The predicted octanol–water partition coefficient (Wildman–Crippen LogP) is 5.15. The van der Waals surface area contributed by atoms with Gasteiger partial charge in [-0.1, -0.05) is 51.8 Å². The highest BCUT2D eigenvalue weighted by atomic mass is 79.9. The molecular weight excluding hydrogens is 336 g/mol. The lowest BCUT2D eigenvalue weighted by atomic mass is 10.1. The molecule has 2 nitrogen and oxygen atoms in total. The molecule has 1 aliphatic rings. The number of amidine groups is 1. The number of rotatable bonds is 2. The Labute approximate surface area is 131 Å². The molecule has 0 aliphatic carbocycles. The first-order chi connectivity index (χ1) is 9.70. The van der Waals surface area contributed by atoms with Gasteiger partial charge in [-0.3, -0.25) is 4.99 Å². The van der Waals surface area contributed by atoms with E-state index in [-0.39, 0.29) is 0 Å². The number of anilines is 1. The maximum atomic E-state index is 6.00. The van der Waals surface area contributed by atoms with Crippen molar-refractivity contribution >= 4 is 45.1 Å². The molecule has 1 radical (unpaired) electrons. The van der Waals surface area contributed by atoms with Gasteiger partial charge < -0.3 is 5.32 Å². The molecule has 4 heteroatoms. The molecule has 2 aromatic carbocycles. The third kappa shape index (κ3) is 3.11. The van der Waals surface area contributed by atoms with Crippen LogP contribution in [0.15, 0.2) is 58.0 Å². The highest BCUT2D eigenvalue weighted by Gasteiger charge is 2.10. The van der Waals surface area contributed by atoms with Crippen LogP contribution in [-0.2, 0) is 0 Å². The molecule has 0 unspecified atom stereocenters. The molecule has 0 fully saturated rings. The molecule has 1 N–H and O–H groups in total. The average Bonchev–Trinajstić information content (AvgIpc) is 2.46. The van der Waals surface area contributed by atoms with Crippen molar-refractivity contribution in [2.24, 2.45) is 4.99 Å². The Kier molecular flexibility index (Phi) is 3.90. The van der Waals surface area contributed by atoms with Gasteiger partial charge in [0.15, 0.2) is 0 Å². The van der Waals surface area contributed by atoms with Gasteiger partial charge in [-0.2, -0.15) is 0 Å². The van der Waals surface area contributed by atoms with E-state index in [0.29, 0.717) is 5.02 Å². The van der Waals surface area contributed by atoms with Gasteiger partial charge in [-0.05, 0) is 35.9 Å². The van der Waals surface area contributed by atoms with Gasteiger partial charge >= 0.3 is 0 Å². The van der Waals surface area contributed by atoms with Crippen LogP contribution in [0.25, 0.3) is 6.08 Å². The second-order valence-corrected chi connectivity index (χ2v) is 5.74. The summed E-state index contributed by atoms with van der Waals surface area (Å²) in [5, 5.41) is 3.97. The number of hydrogen-bond acceptors (Lipinski definition) is 2. The summed E-state index contributed by atoms with van der Waals surface area (Å²) in [6, 6.07) is 13.8. The van der Waals surface area contributed by atoms with E-state index in [1.165, 1.54) is 0 Å². The van der Waals surface area contributed by atoms with E-state index < -0.39 is 0 Å². The molecule has 1 heterocycles. The number of aliphatic imine (C=N–C) groups is 1. The van der Waals surface area contributed by atoms with Gasteiger partial charge in [-0.15, -0.1) is 0 Å². The Hall–Kier alpha value is -1.58. The third-order valence-corrected chi connectivity index (χ3v) is 3.69. The molecule has 0 spiro atoms. The van der Waals surface area contributed by atoms with Crippen molar-refractivity contribution in [1.29, 1.82) is 0 Å². The SMILES string of the molecule is Clc1ccc2c(c1)NC(C=Cc1ccc(Br)cc1)=N[CH]2. The van der Waals surface area contributed by atoms with Crippen LogP contribution in [-0.4, -0.2) is 5.84 Å². The summed E-state index contributed by atoms with van der Waals surface area (Å²) in [4.78, 5) is 4.37. The van der Waals surface area contributed by atoms with Crippen LogP contribution in [0.3, 0.4) is 0 Å². The second kappa shape index (κ2) is 5.81. The molecule has 99 valence electrons. The molecule has 0 saturated carbocycles. The van der Waals surface area contributed by atoms with Gasteiger partial charge in [0.1, 0.15) is 12.4 Å². The second-order valence-electron chi connectivity index (χ2n) is 4.38. The number of benzene rings is 2. The summed E-state index contributed by atoms with van der Waals surface area (Å²) in [6.45, 7) is 1.84. The Bertz CT molecular complexity index is 690. The van der Waals surface area contributed by atoms with Gasteiger partial charge in [0.05, 0.1) is 0 Å². The van der Waals surface area contributed by atoms with Crippen LogP contribution in [0.5, 0.6) is 0 Å². The Balaban J connectivity index is 1.76. The van der Waals surface area contributed by atoms with E-state index in [2.05, 4.69) is 26.2 Å². The lowest BCUT2D eigenvalue weighted by molar-refractivity contribution is 1.30. The average molecular weight is 347 g/mol. The Morgan fingerprint density at radius 3 is 2.65 bits per heavy atom. The van der Waals surface area contributed by atoms with Crippen molar-refractivity contribution in [1.82, 2.24) is 0 Å². The van der Waals surface area contributed by atoms with E-state index in [4.69, 9.17) is 11.6 Å². The molecule has 2 aromatic rings. The number of fused-ring (bicyclic) bond motifs is 1. The summed E-state index contributed by atoms with van der Waals surface area (Å²) in [7, 11) is 0. The van der Waals surface area contributed by atoms with Crippen LogP contribution in [0.4, 0.5) is 5.69 Å². The van der Waals surface area contributed by atoms with Gasteiger partial charge in [0.2, 0.25) is 0 Å². The normalized spacial score (nSPS) is 13.8. The first-order valence-corrected chi connectivity index (χ1v) is 7.29. The summed E-state index contributed by atoms with van der Waals surface area (Å²) < 4.78 is 1.07. The fraction of sp³-hybridized carbons (Fsp3) is 0.